The lowest BCUT2D eigenvalue weighted by molar-refractivity contribution is 0.0879. The first-order valence-corrected chi connectivity index (χ1v) is 9.10. The van der Waals surface area contributed by atoms with Gasteiger partial charge in [0.15, 0.2) is 0 Å². The largest absolute Gasteiger partial charge is 0.489 e. The number of ether oxygens (including phenoxy) is 1. The van der Waals surface area contributed by atoms with Crippen LogP contribution in [0.5, 0.6) is 5.75 Å². The molecule has 0 atom stereocenters. The van der Waals surface area contributed by atoms with Gasteiger partial charge in [-0.05, 0) is 42.8 Å². The first-order chi connectivity index (χ1) is 14.0. The van der Waals surface area contributed by atoms with Crippen LogP contribution in [0.1, 0.15) is 42.2 Å². The molecule has 3 aromatic carbocycles. The number of fused-ring (bicyclic) bond motifs is 1. The standard InChI is InChI=1S/C23H18N2O4/c1-14-19(8-5-9-20(14)29-13-15-6-3-2-4-7-15)24-21(26)16-10-11-17-18(12-16)23(28)25-22(17)27/h2-12H,13H2,1H3,(H,24,26)(H,25,27,28). The van der Waals surface area contributed by atoms with Crippen molar-refractivity contribution in [2.45, 2.75) is 13.5 Å². The maximum Gasteiger partial charge on any atom is 0.258 e. The fourth-order valence-corrected chi connectivity index (χ4v) is 3.15. The van der Waals surface area contributed by atoms with E-state index in [1.165, 1.54) is 18.2 Å². The van der Waals surface area contributed by atoms with Crippen molar-refractivity contribution in [3.8, 4) is 5.75 Å². The zero-order valence-corrected chi connectivity index (χ0v) is 15.7. The van der Waals surface area contributed by atoms with Gasteiger partial charge in [-0.2, -0.15) is 0 Å². The van der Waals surface area contributed by atoms with Crippen LogP contribution in [0.25, 0.3) is 0 Å². The van der Waals surface area contributed by atoms with Crippen molar-refractivity contribution in [2.75, 3.05) is 5.32 Å². The number of benzene rings is 3. The van der Waals surface area contributed by atoms with Crippen molar-refractivity contribution in [3.05, 3.63) is 94.5 Å². The van der Waals surface area contributed by atoms with Gasteiger partial charge < -0.3 is 10.1 Å². The second-order valence-corrected chi connectivity index (χ2v) is 6.70. The summed E-state index contributed by atoms with van der Waals surface area (Å²) in [6.45, 7) is 2.29. The molecule has 6 nitrogen and oxygen atoms in total. The normalized spacial score (nSPS) is 12.3. The Kier molecular flexibility index (Phi) is 4.83. The summed E-state index contributed by atoms with van der Waals surface area (Å²) < 4.78 is 5.90. The molecular weight excluding hydrogens is 368 g/mol. The van der Waals surface area contributed by atoms with Crippen LogP contribution in [0.2, 0.25) is 0 Å². The van der Waals surface area contributed by atoms with Crippen LogP contribution in [0, 0.1) is 6.92 Å². The minimum Gasteiger partial charge on any atom is -0.489 e. The van der Waals surface area contributed by atoms with E-state index in [1.807, 2.05) is 43.3 Å². The third-order valence-corrected chi connectivity index (χ3v) is 4.77. The Labute approximate surface area is 167 Å². The number of amides is 3. The average molecular weight is 386 g/mol. The topological polar surface area (TPSA) is 84.5 Å². The summed E-state index contributed by atoms with van der Waals surface area (Å²) in [5, 5.41) is 5.06. The van der Waals surface area contributed by atoms with Crippen LogP contribution in [0.15, 0.2) is 66.7 Å². The van der Waals surface area contributed by atoms with Crippen LogP contribution >= 0.6 is 0 Å². The Bertz CT molecular complexity index is 1120. The second kappa shape index (κ2) is 7.59. The molecule has 3 aromatic rings. The van der Waals surface area contributed by atoms with Gasteiger partial charge in [0.1, 0.15) is 12.4 Å². The molecule has 0 saturated heterocycles. The molecule has 1 heterocycles. The summed E-state index contributed by atoms with van der Waals surface area (Å²) in [6, 6.07) is 19.7. The van der Waals surface area contributed by atoms with Crippen molar-refractivity contribution >= 4 is 23.4 Å². The molecule has 0 bridgehead atoms. The number of hydrogen-bond acceptors (Lipinski definition) is 4. The zero-order chi connectivity index (χ0) is 20.4. The van der Waals surface area contributed by atoms with Crippen molar-refractivity contribution in [3.63, 3.8) is 0 Å². The van der Waals surface area contributed by atoms with Gasteiger partial charge in [-0.25, -0.2) is 0 Å². The summed E-state index contributed by atoms with van der Waals surface area (Å²) in [5.41, 5.74) is 3.24. The molecule has 29 heavy (non-hydrogen) atoms. The Balaban J connectivity index is 1.51. The molecule has 0 radical (unpaired) electrons. The monoisotopic (exact) mass is 386 g/mol. The molecule has 6 heteroatoms. The van der Waals surface area contributed by atoms with E-state index in [1.54, 1.807) is 12.1 Å². The summed E-state index contributed by atoms with van der Waals surface area (Å²) in [6.07, 6.45) is 0. The highest BCUT2D eigenvalue weighted by Gasteiger charge is 2.27. The van der Waals surface area contributed by atoms with Gasteiger partial charge in [0, 0.05) is 16.8 Å². The Hall–Kier alpha value is -3.93. The van der Waals surface area contributed by atoms with Crippen molar-refractivity contribution in [2.24, 2.45) is 0 Å². The predicted molar refractivity (Wildman–Crippen MR) is 108 cm³/mol. The lowest BCUT2D eigenvalue weighted by atomic mass is 10.0. The fourth-order valence-electron chi connectivity index (χ4n) is 3.15. The minimum absolute atomic E-state index is 0.208. The summed E-state index contributed by atoms with van der Waals surface area (Å²) >= 11 is 0. The smallest absolute Gasteiger partial charge is 0.258 e. The van der Waals surface area contributed by atoms with Gasteiger partial charge in [0.2, 0.25) is 0 Å². The molecule has 4 rings (SSSR count). The predicted octanol–water partition coefficient (Wildman–Crippen LogP) is 3.71. The molecule has 1 aliphatic heterocycles. The van der Waals surface area contributed by atoms with Gasteiger partial charge in [-0.1, -0.05) is 36.4 Å². The summed E-state index contributed by atoms with van der Waals surface area (Å²) in [5.74, 6) is -0.642. The summed E-state index contributed by atoms with van der Waals surface area (Å²) in [4.78, 5) is 36.1. The molecule has 3 amide bonds. The molecule has 0 spiro atoms. The molecule has 0 saturated carbocycles. The highest BCUT2D eigenvalue weighted by Crippen LogP contribution is 2.27. The molecule has 1 aliphatic rings. The highest BCUT2D eigenvalue weighted by atomic mass is 16.5. The van der Waals surface area contributed by atoms with E-state index in [0.29, 0.717) is 23.6 Å². The maximum atomic E-state index is 12.7. The zero-order valence-electron chi connectivity index (χ0n) is 15.7. The molecule has 0 unspecified atom stereocenters. The van der Waals surface area contributed by atoms with Gasteiger partial charge in [0.05, 0.1) is 11.1 Å². The van der Waals surface area contributed by atoms with E-state index < -0.39 is 11.8 Å². The molecule has 2 N–H and O–H groups in total. The number of anilines is 1. The number of hydrogen-bond donors (Lipinski definition) is 2. The summed E-state index contributed by atoms with van der Waals surface area (Å²) in [7, 11) is 0. The lowest BCUT2D eigenvalue weighted by Gasteiger charge is -2.14. The Morgan fingerprint density at radius 1 is 0.931 bits per heavy atom. The lowest BCUT2D eigenvalue weighted by Crippen LogP contribution is -2.20. The number of carbonyl (C=O) groups excluding carboxylic acids is 3. The number of nitrogens with one attached hydrogen (secondary N) is 2. The van der Waals surface area contributed by atoms with E-state index in [9.17, 15) is 14.4 Å². The van der Waals surface area contributed by atoms with Crippen LogP contribution in [-0.4, -0.2) is 17.7 Å². The van der Waals surface area contributed by atoms with Gasteiger partial charge in [-0.3, -0.25) is 19.7 Å². The first-order valence-electron chi connectivity index (χ1n) is 9.10. The first kappa shape index (κ1) is 18.4. The Morgan fingerprint density at radius 3 is 2.48 bits per heavy atom. The minimum atomic E-state index is -0.493. The van der Waals surface area contributed by atoms with Crippen LogP contribution < -0.4 is 15.4 Å². The molecular formula is C23H18N2O4. The highest BCUT2D eigenvalue weighted by molar-refractivity contribution is 6.22. The van der Waals surface area contributed by atoms with Gasteiger partial charge in [0.25, 0.3) is 17.7 Å². The van der Waals surface area contributed by atoms with E-state index >= 15 is 0 Å². The number of imide groups is 1. The van der Waals surface area contributed by atoms with Crippen molar-refractivity contribution in [1.82, 2.24) is 5.32 Å². The van der Waals surface area contributed by atoms with Crippen molar-refractivity contribution < 1.29 is 19.1 Å². The molecule has 0 fully saturated rings. The van der Waals surface area contributed by atoms with E-state index in [-0.39, 0.29) is 17.0 Å². The quantitative estimate of drug-likeness (QED) is 0.655. The van der Waals surface area contributed by atoms with Gasteiger partial charge in [-0.15, -0.1) is 0 Å². The number of rotatable bonds is 5. The van der Waals surface area contributed by atoms with E-state index in [2.05, 4.69) is 10.6 Å². The third kappa shape index (κ3) is 3.73. The molecule has 0 aliphatic carbocycles. The van der Waals surface area contributed by atoms with E-state index in [4.69, 9.17) is 4.74 Å². The van der Waals surface area contributed by atoms with Crippen LogP contribution in [0.3, 0.4) is 0 Å². The third-order valence-electron chi connectivity index (χ3n) is 4.77. The maximum absolute atomic E-state index is 12.7. The average Bonchev–Trinajstić information content (AvgIpc) is 3.02. The molecule has 144 valence electrons. The van der Waals surface area contributed by atoms with Crippen LogP contribution in [-0.2, 0) is 6.61 Å². The number of carbonyl (C=O) groups is 3. The second-order valence-electron chi connectivity index (χ2n) is 6.70. The fraction of sp³-hybridized carbons (Fsp3) is 0.0870. The van der Waals surface area contributed by atoms with E-state index in [0.717, 1.165) is 11.1 Å². The van der Waals surface area contributed by atoms with Crippen LogP contribution in [0.4, 0.5) is 5.69 Å². The Morgan fingerprint density at radius 2 is 1.69 bits per heavy atom. The molecule has 0 aromatic heterocycles. The SMILES string of the molecule is Cc1c(NC(=O)c2ccc3c(c2)C(=O)NC3=O)cccc1OCc1ccccc1. The van der Waals surface area contributed by atoms with Crippen molar-refractivity contribution in [1.29, 1.82) is 0 Å². The van der Waals surface area contributed by atoms with Gasteiger partial charge >= 0.3 is 0 Å².